The topological polar surface area (TPSA) is 44.4 Å². The van der Waals surface area contributed by atoms with Crippen molar-refractivity contribution in [2.75, 3.05) is 18.4 Å². The molecule has 0 spiro atoms. The summed E-state index contributed by atoms with van der Waals surface area (Å²) in [6.45, 7) is 7.77. The molecule has 0 bridgehead atoms. The van der Waals surface area contributed by atoms with Gasteiger partial charge in [0.2, 0.25) is 0 Å². The number of carbonyl (C=O) groups excluding carboxylic acids is 1. The molecule has 0 aliphatic carbocycles. The van der Waals surface area contributed by atoms with Gasteiger partial charge in [0.25, 0.3) is 0 Å². The first-order chi connectivity index (χ1) is 11.6. The van der Waals surface area contributed by atoms with Gasteiger partial charge in [0.1, 0.15) is 0 Å². The van der Waals surface area contributed by atoms with Gasteiger partial charge in [-0.15, -0.1) is 0 Å². The first-order valence-corrected chi connectivity index (χ1v) is 8.59. The summed E-state index contributed by atoms with van der Waals surface area (Å²) in [4.78, 5) is 14.3. The van der Waals surface area contributed by atoms with Crippen molar-refractivity contribution < 1.29 is 4.79 Å². The third-order valence-electron chi connectivity index (χ3n) is 3.88. The van der Waals surface area contributed by atoms with Crippen molar-refractivity contribution in [1.29, 1.82) is 0 Å². The van der Waals surface area contributed by atoms with Crippen LogP contribution in [0, 0.1) is 0 Å². The molecule has 0 atom stereocenters. The first kappa shape index (κ1) is 18.3. The highest BCUT2D eigenvalue weighted by atomic mass is 35.5. The molecule has 128 valence electrons. The molecule has 0 radical (unpaired) electrons. The Morgan fingerprint density at radius 1 is 0.958 bits per heavy atom. The average Bonchev–Trinajstić information content (AvgIpc) is 2.60. The van der Waals surface area contributed by atoms with Crippen molar-refractivity contribution in [3.8, 4) is 0 Å². The molecule has 0 aliphatic rings. The summed E-state index contributed by atoms with van der Waals surface area (Å²) in [6.07, 6.45) is 0. The van der Waals surface area contributed by atoms with E-state index in [0.717, 1.165) is 30.9 Å². The third-order valence-corrected chi connectivity index (χ3v) is 4.13. The predicted molar refractivity (Wildman–Crippen MR) is 100 cm³/mol. The van der Waals surface area contributed by atoms with Gasteiger partial charge in [0.15, 0.2) is 0 Å². The van der Waals surface area contributed by atoms with E-state index in [1.165, 1.54) is 5.56 Å². The fraction of sp³-hybridized carbons (Fsp3) is 0.316. The lowest BCUT2D eigenvalue weighted by atomic mass is 10.2. The van der Waals surface area contributed by atoms with E-state index in [2.05, 4.69) is 29.4 Å². The quantitative estimate of drug-likeness (QED) is 0.775. The maximum atomic E-state index is 12.0. The molecule has 0 aromatic heterocycles. The Labute approximate surface area is 148 Å². The molecule has 24 heavy (non-hydrogen) atoms. The van der Waals surface area contributed by atoms with Gasteiger partial charge in [-0.1, -0.05) is 49.7 Å². The van der Waals surface area contributed by atoms with Gasteiger partial charge in [-0.05, 0) is 48.5 Å². The molecule has 2 rings (SSSR count). The van der Waals surface area contributed by atoms with Gasteiger partial charge in [0.05, 0.1) is 0 Å². The van der Waals surface area contributed by atoms with Crippen molar-refractivity contribution >= 4 is 23.3 Å². The van der Waals surface area contributed by atoms with Crippen LogP contribution < -0.4 is 10.6 Å². The molecule has 2 N–H and O–H groups in total. The highest BCUT2D eigenvalue weighted by molar-refractivity contribution is 6.30. The fourth-order valence-corrected chi connectivity index (χ4v) is 2.48. The molecule has 5 heteroatoms. The van der Waals surface area contributed by atoms with Crippen LogP contribution in [-0.2, 0) is 13.1 Å². The van der Waals surface area contributed by atoms with Gasteiger partial charge >= 0.3 is 6.03 Å². The Balaban J connectivity index is 1.82. The number of hydrogen-bond acceptors (Lipinski definition) is 2. The van der Waals surface area contributed by atoms with Crippen molar-refractivity contribution in [1.82, 2.24) is 10.2 Å². The van der Waals surface area contributed by atoms with Crippen LogP contribution in [-0.4, -0.2) is 24.0 Å². The van der Waals surface area contributed by atoms with E-state index in [1.54, 1.807) is 0 Å². The summed E-state index contributed by atoms with van der Waals surface area (Å²) in [7, 11) is 0. The second-order valence-corrected chi connectivity index (χ2v) is 6.03. The lowest BCUT2D eigenvalue weighted by Gasteiger charge is -2.18. The van der Waals surface area contributed by atoms with Gasteiger partial charge in [-0.3, -0.25) is 4.90 Å². The van der Waals surface area contributed by atoms with Gasteiger partial charge in [-0.2, -0.15) is 0 Å². The number of urea groups is 1. The van der Waals surface area contributed by atoms with Crippen LogP contribution in [0.4, 0.5) is 10.5 Å². The SMILES string of the molecule is CCN(CC)Cc1ccc(NC(=O)NCc2ccc(Cl)cc2)cc1. The lowest BCUT2D eigenvalue weighted by Crippen LogP contribution is -2.28. The number of carbonyl (C=O) groups is 1. The summed E-state index contributed by atoms with van der Waals surface area (Å²) < 4.78 is 0. The molecule has 0 saturated heterocycles. The Morgan fingerprint density at radius 2 is 1.54 bits per heavy atom. The zero-order valence-corrected chi connectivity index (χ0v) is 14.9. The lowest BCUT2D eigenvalue weighted by molar-refractivity contribution is 0.251. The van der Waals surface area contributed by atoms with E-state index in [9.17, 15) is 4.79 Å². The monoisotopic (exact) mass is 345 g/mol. The number of nitrogens with one attached hydrogen (secondary N) is 2. The summed E-state index contributed by atoms with van der Waals surface area (Å²) in [5, 5.41) is 6.36. The summed E-state index contributed by atoms with van der Waals surface area (Å²) in [5.41, 5.74) is 3.03. The van der Waals surface area contributed by atoms with E-state index < -0.39 is 0 Å². The van der Waals surface area contributed by atoms with Gasteiger partial charge < -0.3 is 10.6 Å². The van der Waals surface area contributed by atoms with Crippen LogP contribution >= 0.6 is 11.6 Å². The van der Waals surface area contributed by atoms with Crippen molar-refractivity contribution in [3.05, 3.63) is 64.7 Å². The molecule has 2 aromatic rings. The van der Waals surface area contributed by atoms with Gasteiger partial charge in [0, 0.05) is 23.8 Å². The van der Waals surface area contributed by atoms with Crippen LogP contribution in [0.25, 0.3) is 0 Å². The van der Waals surface area contributed by atoms with Crippen molar-refractivity contribution in [3.63, 3.8) is 0 Å². The highest BCUT2D eigenvalue weighted by Crippen LogP contribution is 2.12. The molecule has 0 aliphatic heterocycles. The standard InChI is InChI=1S/C19H24ClN3O/c1-3-23(4-2)14-16-7-11-18(12-8-16)22-19(24)21-13-15-5-9-17(20)10-6-15/h5-12H,3-4,13-14H2,1-2H3,(H2,21,22,24). The average molecular weight is 346 g/mol. The van der Waals surface area contributed by atoms with E-state index in [-0.39, 0.29) is 6.03 Å². The van der Waals surface area contributed by atoms with Crippen LogP contribution in [0.1, 0.15) is 25.0 Å². The molecular weight excluding hydrogens is 322 g/mol. The maximum Gasteiger partial charge on any atom is 0.319 e. The molecule has 0 saturated carbocycles. The normalized spacial score (nSPS) is 10.7. The fourth-order valence-electron chi connectivity index (χ4n) is 2.36. The molecule has 0 unspecified atom stereocenters. The second kappa shape index (κ2) is 9.30. The van der Waals surface area contributed by atoms with Gasteiger partial charge in [-0.25, -0.2) is 4.79 Å². The Hall–Kier alpha value is -2.04. The molecule has 0 heterocycles. The van der Waals surface area contributed by atoms with Crippen LogP contribution in [0.3, 0.4) is 0 Å². The molecular formula is C19H24ClN3O. The zero-order chi connectivity index (χ0) is 17.4. The molecule has 2 aromatic carbocycles. The largest absolute Gasteiger partial charge is 0.334 e. The van der Waals surface area contributed by atoms with Crippen LogP contribution in [0.2, 0.25) is 5.02 Å². The summed E-state index contributed by atoms with van der Waals surface area (Å²) in [5.74, 6) is 0. The first-order valence-electron chi connectivity index (χ1n) is 8.21. The number of halogens is 1. The third kappa shape index (κ3) is 5.87. The summed E-state index contributed by atoms with van der Waals surface area (Å²) >= 11 is 5.84. The predicted octanol–water partition coefficient (Wildman–Crippen LogP) is 4.50. The minimum absolute atomic E-state index is 0.221. The van der Waals surface area contributed by atoms with E-state index >= 15 is 0 Å². The van der Waals surface area contributed by atoms with Crippen molar-refractivity contribution in [2.24, 2.45) is 0 Å². The van der Waals surface area contributed by atoms with Crippen LogP contribution in [0.15, 0.2) is 48.5 Å². The second-order valence-electron chi connectivity index (χ2n) is 5.59. The Kier molecular flexibility index (Phi) is 7.09. The number of amides is 2. The van der Waals surface area contributed by atoms with E-state index in [0.29, 0.717) is 11.6 Å². The molecule has 2 amide bonds. The minimum Gasteiger partial charge on any atom is -0.334 e. The zero-order valence-electron chi connectivity index (χ0n) is 14.2. The number of anilines is 1. The molecule has 4 nitrogen and oxygen atoms in total. The number of rotatable bonds is 7. The Morgan fingerprint density at radius 3 is 2.12 bits per heavy atom. The number of hydrogen-bond donors (Lipinski definition) is 2. The Bertz CT molecular complexity index is 637. The maximum absolute atomic E-state index is 12.0. The smallest absolute Gasteiger partial charge is 0.319 e. The molecule has 0 fully saturated rings. The minimum atomic E-state index is -0.221. The van der Waals surface area contributed by atoms with Crippen LogP contribution in [0.5, 0.6) is 0 Å². The highest BCUT2D eigenvalue weighted by Gasteiger charge is 2.04. The number of benzene rings is 2. The van der Waals surface area contributed by atoms with E-state index in [4.69, 9.17) is 11.6 Å². The number of nitrogens with zero attached hydrogens (tertiary/aromatic N) is 1. The van der Waals surface area contributed by atoms with Crippen molar-refractivity contribution in [2.45, 2.75) is 26.9 Å². The summed E-state index contributed by atoms with van der Waals surface area (Å²) in [6, 6.07) is 15.1. The van der Waals surface area contributed by atoms with E-state index in [1.807, 2.05) is 48.5 Å².